The van der Waals surface area contributed by atoms with E-state index in [1.54, 1.807) is 0 Å². The Bertz CT molecular complexity index is 260. The van der Waals surface area contributed by atoms with Gasteiger partial charge in [0.15, 0.2) is 0 Å². The first-order chi connectivity index (χ1) is 7.31. The molecule has 1 aromatic rings. The summed E-state index contributed by atoms with van der Waals surface area (Å²) in [5, 5.41) is 21.2. The van der Waals surface area contributed by atoms with Crippen LogP contribution < -0.4 is 5.32 Å². The smallest absolute Gasteiger partial charge is 0.0607 e. The molecule has 0 unspecified atom stereocenters. The molecule has 1 rings (SSSR count). The van der Waals surface area contributed by atoms with E-state index in [2.05, 4.69) is 12.2 Å². The predicted octanol–water partition coefficient (Wildman–Crippen LogP) is 1.08. The second-order valence-electron chi connectivity index (χ2n) is 3.60. The van der Waals surface area contributed by atoms with Crippen molar-refractivity contribution in [3.05, 3.63) is 35.9 Å². The number of rotatable bonds is 6. The first-order valence-electron chi connectivity index (χ1n) is 5.34. The Kier molecular flexibility index (Phi) is 5.32. The summed E-state index contributed by atoms with van der Waals surface area (Å²) in [7, 11) is 0. The highest BCUT2D eigenvalue weighted by Crippen LogP contribution is 2.16. The summed E-state index contributed by atoms with van der Waals surface area (Å²) >= 11 is 0. The summed E-state index contributed by atoms with van der Waals surface area (Å²) in [6.07, 6.45) is 0.931. The van der Waals surface area contributed by atoms with Crippen LogP contribution in [0.1, 0.15) is 24.9 Å². The summed E-state index contributed by atoms with van der Waals surface area (Å²) in [4.78, 5) is 0. The van der Waals surface area contributed by atoms with Crippen molar-refractivity contribution in [3.8, 4) is 0 Å². The second-order valence-corrected chi connectivity index (χ2v) is 3.60. The molecule has 84 valence electrons. The van der Waals surface area contributed by atoms with Gasteiger partial charge in [-0.05, 0) is 12.0 Å². The lowest BCUT2D eigenvalue weighted by atomic mass is 10.0. The Morgan fingerprint density at radius 1 is 1.13 bits per heavy atom. The lowest BCUT2D eigenvalue weighted by Gasteiger charge is -2.22. The van der Waals surface area contributed by atoms with Crippen molar-refractivity contribution in [2.45, 2.75) is 25.4 Å². The molecule has 3 nitrogen and oxygen atoms in total. The van der Waals surface area contributed by atoms with Gasteiger partial charge in [0.2, 0.25) is 0 Å². The van der Waals surface area contributed by atoms with Gasteiger partial charge in [-0.25, -0.2) is 0 Å². The van der Waals surface area contributed by atoms with E-state index in [-0.39, 0.29) is 25.3 Å². The summed E-state index contributed by atoms with van der Waals surface area (Å²) in [6.45, 7) is 2.00. The highest BCUT2D eigenvalue weighted by molar-refractivity contribution is 5.18. The van der Waals surface area contributed by atoms with Gasteiger partial charge in [-0.1, -0.05) is 37.3 Å². The van der Waals surface area contributed by atoms with Crippen molar-refractivity contribution >= 4 is 0 Å². The average molecular weight is 209 g/mol. The third kappa shape index (κ3) is 3.63. The van der Waals surface area contributed by atoms with E-state index in [1.807, 2.05) is 30.3 Å². The van der Waals surface area contributed by atoms with Gasteiger partial charge in [0.05, 0.1) is 19.3 Å². The van der Waals surface area contributed by atoms with Gasteiger partial charge in [-0.15, -0.1) is 0 Å². The fraction of sp³-hybridized carbons (Fsp3) is 0.500. The van der Waals surface area contributed by atoms with Crippen molar-refractivity contribution in [1.82, 2.24) is 5.32 Å². The third-order valence-corrected chi connectivity index (χ3v) is 2.49. The fourth-order valence-electron chi connectivity index (χ4n) is 1.58. The van der Waals surface area contributed by atoms with Crippen molar-refractivity contribution < 1.29 is 10.2 Å². The Hall–Kier alpha value is -0.900. The molecule has 3 N–H and O–H groups in total. The lowest BCUT2D eigenvalue weighted by molar-refractivity contribution is 0.161. The van der Waals surface area contributed by atoms with Crippen LogP contribution in [0.15, 0.2) is 30.3 Å². The molecule has 0 saturated heterocycles. The summed E-state index contributed by atoms with van der Waals surface area (Å²) in [5.74, 6) is 0. The minimum absolute atomic E-state index is 0.0418. The first kappa shape index (κ1) is 12.2. The van der Waals surface area contributed by atoms with Gasteiger partial charge >= 0.3 is 0 Å². The van der Waals surface area contributed by atoms with Gasteiger partial charge in [-0.2, -0.15) is 0 Å². The van der Waals surface area contributed by atoms with E-state index in [4.69, 9.17) is 10.2 Å². The maximum Gasteiger partial charge on any atom is 0.0607 e. The molecule has 0 amide bonds. The Labute approximate surface area is 90.8 Å². The minimum atomic E-state index is -0.241. The van der Waals surface area contributed by atoms with Crippen molar-refractivity contribution in [2.75, 3.05) is 13.2 Å². The molecule has 0 bridgehead atoms. The maximum atomic E-state index is 8.99. The molecule has 15 heavy (non-hydrogen) atoms. The van der Waals surface area contributed by atoms with Crippen LogP contribution in [0.5, 0.6) is 0 Å². The van der Waals surface area contributed by atoms with Crippen molar-refractivity contribution in [1.29, 1.82) is 0 Å². The monoisotopic (exact) mass is 209 g/mol. The molecule has 0 fully saturated rings. The molecule has 1 aromatic carbocycles. The number of hydrogen-bond donors (Lipinski definition) is 3. The van der Waals surface area contributed by atoms with Gasteiger partial charge in [0.25, 0.3) is 0 Å². The predicted molar refractivity (Wildman–Crippen MR) is 60.6 cm³/mol. The van der Waals surface area contributed by atoms with Gasteiger partial charge in [0.1, 0.15) is 0 Å². The molecule has 0 spiro atoms. The lowest BCUT2D eigenvalue weighted by Crippen LogP contribution is -2.38. The van der Waals surface area contributed by atoms with Crippen molar-refractivity contribution in [2.24, 2.45) is 0 Å². The van der Waals surface area contributed by atoms with Gasteiger partial charge < -0.3 is 15.5 Å². The number of aliphatic hydroxyl groups is 2. The molecule has 0 aliphatic rings. The van der Waals surface area contributed by atoms with E-state index in [0.29, 0.717) is 0 Å². The van der Waals surface area contributed by atoms with Crippen LogP contribution in [-0.2, 0) is 0 Å². The SMILES string of the molecule is CC[C@H](NC(CO)CO)c1ccccc1. The molecule has 1 atom stereocenters. The van der Waals surface area contributed by atoms with Crippen LogP contribution >= 0.6 is 0 Å². The van der Waals surface area contributed by atoms with E-state index in [9.17, 15) is 0 Å². The van der Waals surface area contributed by atoms with E-state index < -0.39 is 0 Å². The fourth-order valence-corrected chi connectivity index (χ4v) is 1.58. The average Bonchev–Trinajstić information content (AvgIpc) is 2.32. The minimum Gasteiger partial charge on any atom is -0.395 e. The molecule has 0 aliphatic heterocycles. The Morgan fingerprint density at radius 2 is 1.73 bits per heavy atom. The zero-order valence-electron chi connectivity index (χ0n) is 9.06. The second kappa shape index (κ2) is 6.56. The molecule has 0 heterocycles. The van der Waals surface area contributed by atoms with Crippen LogP contribution in [0.3, 0.4) is 0 Å². The van der Waals surface area contributed by atoms with E-state index in [1.165, 1.54) is 5.56 Å². The number of hydrogen-bond acceptors (Lipinski definition) is 3. The standard InChI is InChI=1S/C12H19NO2/c1-2-12(13-11(8-14)9-15)10-6-4-3-5-7-10/h3-7,11-15H,2,8-9H2,1H3/t12-/m0/s1. The highest BCUT2D eigenvalue weighted by Gasteiger charge is 2.13. The molecule has 0 radical (unpaired) electrons. The van der Waals surface area contributed by atoms with E-state index in [0.717, 1.165) is 6.42 Å². The summed E-state index contributed by atoms with van der Waals surface area (Å²) in [6, 6.07) is 10.0. The molecular weight excluding hydrogens is 190 g/mol. The largest absolute Gasteiger partial charge is 0.395 e. The van der Waals surface area contributed by atoms with Crippen LogP contribution in [0.4, 0.5) is 0 Å². The zero-order valence-corrected chi connectivity index (χ0v) is 9.06. The normalized spacial score (nSPS) is 13.1. The molecule has 0 saturated carbocycles. The number of benzene rings is 1. The number of aliphatic hydroxyl groups excluding tert-OH is 2. The quantitative estimate of drug-likeness (QED) is 0.657. The van der Waals surface area contributed by atoms with Crippen LogP contribution in [0.25, 0.3) is 0 Å². The van der Waals surface area contributed by atoms with Crippen LogP contribution in [0.2, 0.25) is 0 Å². The van der Waals surface area contributed by atoms with E-state index >= 15 is 0 Å². The Balaban J connectivity index is 2.64. The van der Waals surface area contributed by atoms with Crippen LogP contribution in [-0.4, -0.2) is 29.5 Å². The molecular formula is C12H19NO2. The highest BCUT2D eigenvalue weighted by atomic mass is 16.3. The third-order valence-electron chi connectivity index (χ3n) is 2.49. The Morgan fingerprint density at radius 3 is 2.20 bits per heavy atom. The molecule has 0 aromatic heterocycles. The van der Waals surface area contributed by atoms with Gasteiger partial charge in [-0.3, -0.25) is 0 Å². The number of nitrogens with one attached hydrogen (secondary N) is 1. The van der Waals surface area contributed by atoms with Crippen molar-refractivity contribution in [3.63, 3.8) is 0 Å². The molecule has 3 heteroatoms. The summed E-state index contributed by atoms with van der Waals surface area (Å²) < 4.78 is 0. The molecule has 0 aliphatic carbocycles. The summed E-state index contributed by atoms with van der Waals surface area (Å²) in [5.41, 5.74) is 1.19. The first-order valence-corrected chi connectivity index (χ1v) is 5.34. The topological polar surface area (TPSA) is 52.5 Å². The van der Waals surface area contributed by atoms with Gasteiger partial charge in [0, 0.05) is 6.04 Å². The van der Waals surface area contributed by atoms with Crippen LogP contribution in [0, 0.1) is 0 Å². The maximum absolute atomic E-state index is 8.99. The zero-order chi connectivity index (χ0) is 11.1.